The highest BCUT2D eigenvalue weighted by Gasteiger charge is 2.42. The van der Waals surface area contributed by atoms with E-state index >= 15 is 0 Å². The molecule has 3 unspecified atom stereocenters. The van der Waals surface area contributed by atoms with Gasteiger partial charge >= 0.3 is 0 Å². The number of unbranched alkanes of at least 4 members (excludes halogenated alkanes) is 2. The molecule has 0 N–H and O–H groups in total. The van der Waals surface area contributed by atoms with Crippen LogP contribution < -0.4 is 0 Å². The molecular weight excluding hydrogens is 184 g/mol. The topological polar surface area (TPSA) is 17.1 Å². The van der Waals surface area contributed by atoms with Crippen molar-refractivity contribution in [3.63, 3.8) is 0 Å². The lowest BCUT2D eigenvalue weighted by atomic mass is 9.91. The Morgan fingerprint density at radius 1 is 1.27 bits per heavy atom. The molecule has 0 aromatic heterocycles. The Morgan fingerprint density at radius 2 is 1.93 bits per heavy atom. The molecule has 1 nitrogen and oxygen atoms in total. The Balaban J connectivity index is 2.22. The zero-order chi connectivity index (χ0) is 11.4. The van der Waals surface area contributed by atoms with E-state index in [9.17, 15) is 4.79 Å². The van der Waals surface area contributed by atoms with Crippen LogP contribution in [-0.2, 0) is 4.79 Å². The molecule has 1 rings (SSSR count). The average molecular weight is 210 g/mol. The van der Waals surface area contributed by atoms with Crippen LogP contribution in [0.1, 0.15) is 59.8 Å². The quantitative estimate of drug-likeness (QED) is 0.579. The van der Waals surface area contributed by atoms with Crippen LogP contribution in [0.5, 0.6) is 0 Å². The smallest absolute Gasteiger partial charge is 0.138 e. The van der Waals surface area contributed by atoms with Crippen LogP contribution in [-0.4, -0.2) is 5.78 Å². The molecule has 15 heavy (non-hydrogen) atoms. The van der Waals surface area contributed by atoms with Gasteiger partial charge in [-0.15, -0.1) is 0 Å². The molecule has 0 heterocycles. The molecule has 0 aliphatic heterocycles. The summed E-state index contributed by atoms with van der Waals surface area (Å²) in [6, 6.07) is 0. The van der Waals surface area contributed by atoms with Crippen molar-refractivity contribution in [2.45, 2.75) is 59.8 Å². The first-order valence-electron chi connectivity index (χ1n) is 6.61. The SMILES string of the molecule is CCCCCC1CC1C(C)C(=O)C(C)C. The summed E-state index contributed by atoms with van der Waals surface area (Å²) in [6.07, 6.45) is 6.69. The van der Waals surface area contributed by atoms with Crippen molar-refractivity contribution in [2.75, 3.05) is 0 Å². The van der Waals surface area contributed by atoms with E-state index in [-0.39, 0.29) is 5.92 Å². The van der Waals surface area contributed by atoms with E-state index in [1.165, 1.54) is 32.1 Å². The van der Waals surface area contributed by atoms with E-state index in [2.05, 4.69) is 13.8 Å². The average Bonchev–Trinajstić information content (AvgIpc) is 2.95. The fourth-order valence-electron chi connectivity index (χ4n) is 2.61. The lowest BCUT2D eigenvalue weighted by molar-refractivity contribution is -0.126. The summed E-state index contributed by atoms with van der Waals surface area (Å²) < 4.78 is 0. The van der Waals surface area contributed by atoms with Crippen LogP contribution in [0.25, 0.3) is 0 Å². The monoisotopic (exact) mass is 210 g/mol. The Morgan fingerprint density at radius 3 is 2.47 bits per heavy atom. The standard InChI is InChI=1S/C14H26O/c1-5-6-7-8-12-9-13(12)11(4)14(15)10(2)3/h10-13H,5-9H2,1-4H3. The number of hydrogen-bond donors (Lipinski definition) is 0. The van der Waals surface area contributed by atoms with Crippen molar-refractivity contribution in [3.05, 3.63) is 0 Å². The maximum atomic E-state index is 11.8. The molecule has 0 saturated heterocycles. The van der Waals surface area contributed by atoms with Crippen LogP contribution in [0.4, 0.5) is 0 Å². The molecule has 3 atom stereocenters. The number of ketones is 1. The van der Waals surface area contributed by atoms with E-state index in [1.807, 2.05) is 13.8 Å². The minimum absolute atomic E-state index is 0.219. The van der Waals surface area contributed by atoms with Crippen LogP contribution in [0, 0.1) is 23.7 Å². The lowest BCUT2D eigenvalue weighted by Crippen LogP contribution is -2.19. The zero-order valence-corrected chi connectivity index (χ0v) is 10.8. The minimum atomic E-state index is 0.219. The summed E-state index contributed by atoms with van der Waals surface area (Å²) in [5, 5.41) is 0. The van der Waals surface area contributed by atoms with E-state index in [4.69, 9.17) is 0 Å². The maximum Gasteiger partial charge on any atom is 0.138 e. The van der Waals surface area contributed by atoms with Gasteiger partial charge in [0.05, 0.1) is 0 Å². The van der Waals surface area contributed by atoms with Gasteiger partial charge in [-0.3, -0.25) is 4.79 Å². The van der Waals surface area contributed by atoms with E-state index < -0.39 is 0 Å². The van der Waals surface area contributed by atoms with Gasteiger partial charge in [-0.2, -0.15) is 0 Å². The second kappa shape index (κ2) is 5.67. The van der Waals surface area contributed by atoms with Crippen molar-refractivity contribution in [2.24, 2.45) is 23.7 Å². The molecule has 1 saturated carbocycles. The van der Waals surface area contributed by atoms with Crippen LogP contribution in [0.2, 0.25) is 0 Å². The molecule has 0 radical (unpaired) electrons. The molecule has 0 amide bonds. The number of rotatable bonds is 7. The highest BCUT2D eigenvalue weighted by molar-refractivity contribution is 5.83. The summed E-state index contributed by atoms with van der Waals surface area (Å²) >= 11 is 0. The first-order chi connectivity index (χ1) is 7.07. The van der Waals surface area contributed by atoms with E-state index in [0.29, 0.717) is 11.7 Å². The van der Waals surface area contributed by atoms with Crippen LogP contribution >= 0.6 is 0 Å². The van der Waals surface area contributed by atoms with Crippen LogP contribution in [0.3, 0.4) is 0 Å². The molecule has 1 aliphatic rings. The van der Waals surface area contributed by atoms with Crippen molar-refractivity contribution in [1.82, 2.24) is 0 Å². The third-order valence-electron chi connectivity index (χ3n) is 3.82. The van der Waals surface area contributed by atoms with Gasteiger partial charge in [0.15, 0.2) is 0 Å². The van der Waals surface area contributed by atoms with Crippen molar-refractivity contribution in [1.29, 1.82) is 0 Å². The molecule has 88 valence electrons. The Bertz CT molecular complexity index is 207. The van der Waals surface area contributed by atoms with Crippen molar-refractivity contribution < 1.29 is 4.79 Å². The second-order valence-electron chi connectivity index (χ2n) is 5.50. The molecule has 0 spiro atoms. The Hall–Kier alpha value is -0.330. The molecule has 0 bridgehead atoms. The van der Waals surface area contributed by atoms with Gasteiger partial charge in [0.1, 0.15) is 5.78 Å². The largest absolute Gasteiger partial charge is 0.299 e. The highest BCUT2D eigenvalue weighted by atomic mass is 16.1. The Labute approximate surface area is 94.6 Å². The maximum absolute atomic E-state index is 11.8. The van der Waals surface area contributed by atoms with E-state index in [0.717, 1.165) is 11.8 Å². The predicted octanol–water partition coefficient (Wildman–Crippen LogP) is 4.06. The van der Waals surface area contributed by atoms with Gasteiger partial charge < -0.3 is 0 Å². The van der Waals surface area contributed by atoms with E-state index in [1.54, 1.807) is 0 Å². The number of hydrogen-bond acceptors (Lipinski definition) is 1. The number of carbonyl (C=O) groups is 1. The number of Topliss-reactive ketones (excluding diaryl/α,β-unsaturated/α-hetero) is 1. The van der Waals surface area contributed by atoms with Gasteiger partial charge in [0.2, 0.25) is 0 Å². The summed E-state index contributed by atoms with van der Waals surface area (Å²) in [4.78, 5) is 11.8. The lowest BCUT2D eigenvalue weighted by Gasteiger charge is -2.12. The van der Waals surface area contributed by atoms with Crippen LogP contribution in [0.15, 0.2) is 0 Å². The van der Waals surface area contributed by atoms with Gasteiger partial charge in [0, 0.05) is 11.8 Å². The summed E-state index contributed by atoms with van der Waals surface area (Å²) in [5.74, 6) is 2.59. The highest BCUT2D eigenvalue weighted by Crippen LogP contribution is 2.48. The van der Waals surface area contributed by atoms with Crippen molar-refractivity contribution >= 4 is 5.78 Å². The zero-order valence-electron chi connectivity index (χ0n) is 10.8. The third-order valence-corrected chi connectivity index (χ3v) is 3.82. The summed E-state index contributed by atoms with van der Waals surface area (Å²) in [6.45, 7) is 8.42. The van der Waals surface area contributed by atoms with Gasteiger partial charge in [-0.25, -0.2) is 0 Å². The predicted molar refractivity (Wildman–Crippen MR) is 64.7 cm³/mol. The second-order valence-corrected chi connectivity index (χ2v) is 5.50. The van der Waals surface area contributed by atoms with Gasteiger partial charge in [-0.05, 0) is 18.3 Å². The normalized spacial score (nSPS) is 26.7. The fourth-order valence-corrected chi connectivity index (χ4v) is 2.61. The molecular formula is C14H26O. The first kappa shape index (κ1) is 12.7. The molecule has 1 heteroatoms. The number of carbonyl (C=O) groups excluding carboxylic acids is 1. The van der Waals surface area contributed by atoms with Gasteiger partial charge in [-0.1, -0.05) is 53.4 Å². The first-order valence-corrected chi connectivity index (χ1v) is 6.61. The molecule has 0 aromatic rings. The minimum Gasteiger partial charge on any atom is -0.299 e. The van der Waals surface area contributed by atoms with Crippen molar-refractivity contribution in [3.8, 4) is 0 Å². The Kier molecular flexibility index (Phi) is 4.82. The molecule has 1 aliphatic carbocycles. The summed E-state index contributed by atoms with van der Waals surface area (Å²) in [7, 11) is 0. The third kappa shape index (κ3) is 3.62. The molecule has 0 aromatic carbocycles. The molecule has 1 fully saturated rings. The summed E-state index contributed by atoms with van der Waals surface area (Å²) in [5.41, 5.74) is 0. The fraction of sp³-hybridized carbons (Fsp3) is 0.929. The van der Waals surface area contributed by atoms with Gasteiger partial charge in [0.25, 0.3) is 0 Å².